The van der Waals surface area contributed by atoms with E-state index in [0.717, 1.165) is 30.8 Å². The minimum atomic E-state index is -4.39. The van der Waals surface area contributed by atoms with E-state index in [1.165, 1.54) is 18.2 Å². The van der Waals surface area contributed by atoms with Gasteiger partial charge in [0.25, 0.3) is 0 Å². The normalized spacial score (nSPS) is 16.7. The molecule has 0 radical (unpaired) electrons. The predicted molar refractivity (Wildman–Crippen MR) is 102 cm³/mol. The summed E-state index contributed by atoms with van der Waals surface area (Å²) in [6.07, 6.45) is -2.76. The largest absolute Gasteiger partial charge is 0.416 e. The van der Waals surface area contributed by atoms with E-state index in [1.807, 2.05) is 0 Å². The first kappa shape index (κ1) is 19.6. The van der Waals surface area contributed by atoms with E-state index in [4.69, 9.17) is 0 Å². The van der Waals surface area contributed by atoms with Gasteiger partial charge in [-0.05, 0) is 29.8 Å². The van der Waals surface area contributed by atoms with Crippen molar-refractivity contribution in [3.8, 4) is 11.3 Å². The van der Waals surface area contributed by atoms with Gasteiger partial charge in [0.15, 0.2) is 0 Å². The molecule has 4 rings (SSSR count). The molecule has 2 heterocycles. The summed E-state index contributed by atoms with van der Waals surface area (Å²) in [6.45, 7) is 2.97. The fourth-order valence-electron chi connectivity index (χ4n) is 3.76. The summed E-state index contributed by atoms with van der Waals surface area (Å²) >= 11 is 0. The fraction of sp³-hybridized carbons (Fsp3) is 0.286. The van der Waals surface area contributed by atoms with Gasteiger partial charge >= 0.3 is 6.18 Å². The standard InChI is InChI=1S/C21H20F4N4/c22-18-4-2-1-3-16(18)19-17(13-27-28-19)20(29-11-9-26-10-12-29)14-5-7-15(8-6-14)21(23,24)25/h1-8,13,20,26H,9-12H2,(H,27,28). The Kier molecular flexibility index (Phi) is 5.38. The van der Waals surface area contributed by atoms with Crippen molar-refractivity contribution in [2.45, 2.75) is 12.2 Å². The number of rotatable bonds is 4. The summed E-state index contributed by atoms with van der Waals surface area (Å²) in [4.78, 5) is 2.17. The maximum Gasteiger partial charge on any atom is 0.416 e. The lowest BCUT2D eigenvalue weighted by atomic mass is 9.93. The fourth-order valence-corrected chi connectivity index (χ4v) is 3.76. The molecule has 0 amide bonds. The molecule has 1 aliphatic heterocycles. The lowest BCUT2D eigenvalue weighted by molar-refractivity contribution is -0.137. The van der Waals surface area contributed by atoms with Crippen LogP contribution in [0.1, 0.15) is 22.7 Å². The van der Waals surface area contributed by atoms with Crippen molar-refractivity contribution in [3.05, 3.63) is 77.2 Å². The van der Waals surface area contributed by atoms with Gasteiger partial charge in [0.2, 0.25) is 0 Å². The highest BCUT2D eigenvalue weighted by Crippen LogP contribution is 2.37. The quantitative estimate of drug-likeness (QED) is 0.640. The summed E-state index contributed by atoms with van der Waals surface area (Å²) < 4.78 is 53.4. The van der Waals surface area contributed by atoms with E-state index in [-0.39, 0.29) is 11.9 Å². The van der Waals surface area contributed by atoms with Crippen LogP contribution in [-0.4, -0.2) is 41.3 Å². The number of alkyl halides is 3. The van der Waals surface area contributed by atoms with Crippen LogP contribution in [0.4, 0.5) is 17.6 Å². The number of nitrogens with one attached hydrogen (secondary N) is 2. The molecule has 1 aromatic heterocycles. The Morgan fingerprint density at radius 3 is 2.31 bits per heavy atom. The van der Waals surface area contributed by atoms with Gasteiger partial charge in [-0.3, -0.25) is 10.00 Å². The molecule has 0 aliphatic carbocycles. The molecule has 2 aromatic carbocycles. The van der Waals surface area contributed by atoms with Gasteiger partial charge in [-0.15, -0.1) is 0 Å². The number of hydrogen-bond donors (Lipinski definition) is 2. The van der Waals surface area contributed by atoms with Crippen molar-refractivity contribution in [1.29, 1.82) is 0 Å². The molecule has 1 fully saturated rings. The Morgan fingerprint density at radius 1 is 0.966 bits per heavy atom. The average molecular weight is 404 g/mol. The summed E-state index contributed by atoms with van der Waals surface area (Å²) in [7, 11) is 0. The van der Waals surface area contributed by atoms with Crippen molar-refractivity contribution in [3.63, 3.8) is 0 Å². The summed E-state index contributed by atoms with van der Waals surface area (Å²) in [5.74, 6) is -0.385. The maximum atomic E-state index is 14.4. The molecular weight excluding hydrogens is 384 g/mol. The van der Waals surface area contributed by atoms with Gasteiger partial charge in [-0.25, -0.2) is 4.39 Å². The minimum Gasteiger partial charge on any atom is -0.314 e. The van der Waals surface area contributed by atoms with Gasteiger partial charge < -0.3 is 5.32 Å². The Balaban J connectivity index is 1.79. The molecule has 1 saturated heterocycles. The Morgan fingerprint density at radius 2 is 1.66 bits per heavy atom. The maximum absolute atomic E-state index is 14.4. The van der Waals surface area contributed by atoms with Crippen LogP contribution < -0.4 is 5.32 Å². The molecule has 3 aromatic rings. The first-order valence-electron chi connectivity index (χ1n) is 9.35. The van der Waals surface area contributed by atoms with E-state index in [1.54, 1.807) is 24.4 Å². The van der Waals surface area contributed by atoms with Crippen molar-refractivity contribution < 1.29 is 17.6 Å². The SMILES string of the molecule is Fc1ccccc1-c1[nH]ncc1C(c1ccc(C(F)(F)F)cc1)N1CCNCC1. The van der Waals surface area contributed by atoms with Crippen molar-refractivity contribution in [2.24, 2.45) is 0 Å². The first-order valence-corrected chi connectivity index (χ1v) is 9.35. The van der Waals surface area contributed by atoms with E-state index < -0.39 is 11.7 Å². The molecular formula is C21H20F4N4. The number of nitrogens with zero attached hydrogens (tertiary/aromatic N) is 2. The van der Waals surface area contributed by atoms with Crippen LogP contribution >= 0.6 is 0 Å². The van der Waals surface area contributed by atoms with Crippen LogP contribution in [0.15, 0.2) is 54.7 Å². The lowest BCUT2D eigenvalue weighted by Crippen LogP contribution is -2.45. The molecule has 29 heavy (non-hydrogen) atoms. The highest BCUT2D eigenvalue weighted by Gasteiger charge is 2.32. The summed E-state index contributed by atoms with van der Waals surface area (Å²) in [6, 6.07) is 11.2. The van der Waals surface area contributed by atoms with Gasteiger partial charge in [0.05, 0.1) is 23.5 Å². The van der Waals surface area contributed by atoms with Gasteiger partial charge in [0.1, 0.15) is 5.82 Å². The molecule has 4 nitrogen and oxygen atoms in total. The van der Waals surface area contributed by atoms with Crippen molar-refractivity contribution in [1.82, 2.24) is 20.4 Å². The van der Waals surface area contributed by atoms with E-state index in [9.17, 15) is 17.6 Å². The van der Waals surface area contributed by atoms with Crippen molar-refractivity contribution in [2.75, 3.05) is 26.2 Å². The summed E-state index contributed by atoms with van der Waals surface area (Å²) in [5.41, 5.74) is 1.66. The van der Waals surface area contributed by atoms with Crippen LogP contribution in [-0.2, 0) is 6.18 Å². The van der Waals surface area contributed by atoms with Crippen LogP contribution in [0, 0.1) is 5.82 Å². The van der Waals surface area contributed by atoms with Crippen LogP contribution in [0.5, 0.6) is 0 Å². The second-order valence-electron chi connectivity index (χ2n) is 6.99. The number of benzene rings is 2. The topological polar surface area (TPSA) is 44.0 Å². The molecule has 2 N–H and O–H groups in total. The van der Waals surface area contributed by atoms with Gasteiger partial charge in [-0.1, -0.05) is 24.3 Å². The van der Waals surface area contributed by atoms with Crippen molar-refractivity contribution >= 4 is 0 Å². The lowest BCUT2D eigenvalue weighted by Gasteiger charge is -2.35. The third-order valence-electron chi connectivity index (χ3n) is 5.18. The molecule has 1 aliphatic rings. The zero-order valence-corrected chi connectivity index (χ0v) is 15.5. The number of H-pyrrole nitrogens is 1. The Labute approximate surface area is 165 Å². The molecule has 1 unspecified atom stereocenters. The van der Waals surface area contributed by atoms with E-state index in [2.05, 4.69) is 20.4 Å². The summed E-state index contributed by atoms with van der Waals surface area (Å²) in [5, 5.41) is 10.3. The Hall–Kier alpha value is -2.71. The van der Waals surface area contributed by atoms with Gasteiger partial charge in [-0.2, -0.15) is 18.3 Å². The van der Waals surface area contributed by atoms with Gasteiger partial charge in [0, 0.05) is 37.3 Å². The zero-order chi connectivity index (χ0) is 20.4. The molecule has 152 valence electrons. The first-order chi connectivity index (χ1) is 13.9. The molecule has 0 saturated carbocycles. The van der Waals surface area contributed by atoms with Crippen LogP contribution in [0.3, 0.4) is 0 Å². The predicted octanol–water partition coefficient (Wildman–Crippen LogP) is 4.23. The number of aromatic amines is 1. The molecule has 1 atom stereocenters. The Bertz CT molecular complexity index is 959. The third-order valence-corrected chi connectivity index (χ3v) is 5.18. The van der Waals surface area contributed by atoms with Crippen LogP contribution in [0.2, 0.25) is 0 Å². The second kappa shape index (κ2) is 7.96. The number of halogens is 4. The van der Waals surface area contributed by atoms with E-state index >= 15 is 0 Å². The third kappa shape index (κ3) is 4.04. The van der Waals surface area contributed by atoms with E-state index in [0.29, 0.717) is 29.9 Å². The molecule has 0 spiro atoms. The van der Waals surface area contributed by atoms with Crippen LogP contribution in [0.25, 0.3) is 11.3 Å². The highest BCUT2D eigenvalue weighted by atomic mass is 19.4. The zero-order valence-electron chi connectivity index (χ0n) is 15.5. The number of hydrogen-bond acceptors (Lipinski definition) is 3. The number of aromatic nitrogens is 2. The monoisotopic (exact) mass is 404 g/mol. The average Bonchev–Trinajstić information content (AvgIpc) is 3.18. The highest BCUT2D eigenvalue weighted by molar-refractivity contribution is 5.65. The molecule has 0 bridgehead atoms. The smallest absolute Gasteiger partial charge is 0.314 e. The minimum absolute atomic E-state index is 0.340. The molecule has 8 heteroatoms. The number of piperazine rings is 1. The second-order valence-corrected chi connectivity index (χ2v) is 6.99.